The van der Waals surface area contributed by atoms with Gasteiger partial charge in [-0.05, 0) is 49.4 Å². The predicted molar refractivity (Wildman–Crippen MR) is 99.6 cm³/mol. The number of carbonyl (C=O) groups is 2. The van der Waals surface area contributed by atoms with Crippen molar-refractivity contribution in [3.05, 3.63) is 35.3 Å². The zero-order valence-corrected chi connectivity index (χ0v) is 15.5. The Hall–Kier alpha value is -2.41. The van der Waals surface area contributed by atoms with Gasteiger partial charge in [-0.1, -0.05) is 0 Å². The number of rotatable bonds is 6. The van der Waals surface area contributed by atoms with Gasteiger partial charge in [0.1, 0.15) is 16.5 Å². The van der Waals surface area contributed by atoms with Crippen LogP contribution in [0.3, 0.4) is 0 Å². The third kappa shape index (κ3) is 4.40. The maximum atomic E-state index is 12.8. The first-order valence-corrected chi connectivity index (χ1v) is 9.56. The first-order chi connectivity index (χ1) is 12.6. The molecule has 3 rings (SSSR count). The molecule has 0 bridgehead atoms. The third-order valence-electron chi connectivity index (χ3n) is 4.63. The Balaban J connectivity index is 1.66. The van der Waals surface area contributed by atoms with Crippen LogP contribution >= 0.6 is 11.3 Å². The van der Waals surface area contributed by atoms with Crippen molar-refractivity contribution in [1.82, 2.24) is 9.88 Å². The van der Waals surface area contributed by atoms with Crippen LogP contribution in [0.15, 0.2) is 29.6 Å². The summed E-state index contributed by atoms with van der Waals surface area (Å²) in [5, 5.41) is 11.4. The molecule has 1 aliphatic heterocycles. The van der Waals surface area contributed by atoms with E-state index in [0.717, 1.165) is 29.2 Å². The maximum Gasteiger partial charge on any atom is 0.303 e. The van der Waals surface area contributed by atoms with Crippen LogP contribution in [0.25, 0.3) is 10.6 Å². The van der Waals surface area contributed by atoms with Crippen molar-refractivity contribution >= 4 is 23.2 Å². The number of carbonyl (C=O) groups excluding carboxylic acids is 1. The van der Waals surface area contributed by atoms with Gasteiger partial charge >= 0.3 is 5.97 Å². The standard InChI is InChI=1S/C19H22N2O4S/c1-25-15-7-5-14(6-8-15)18-20-16(12-26-18)19(24)21-10-2-3-13(11-21)4-9-17(22)23/h5-8,12-13H,2-4,9-11H2,1H3,(H,22,23). The van der Waals surface area contributed by atoms with Crippen LogP contribution in [0.1, 0.15) is 36.2 Å². The normalized spacial score (nSPS) is 17.1. The molecule has 0 spiro atoms. The van der Waals surface area contributed by atoms with E-state index in [0.29, 0.717) is 25.2 Å². The van der Waals surface area contributed by atoms with Crippen molar-refractivity contribution in [3.63, 3.8) is 0 Å². The fourth-order valence-electron chi connectivity index (χ4n) is 3.21. The summed E-state index contributed by atoms with van der Waals surface area (Å²) in [6.45, 7) is 1.32. The van der Waals surface area contributed by atoms with E-state index in [2.05, 4.69) is 4.98 Å². The molecule has 1 atom stereocenters. The van der Waals surface area contributed by atoms with Gasteiger partial charge < -0.3 is 14.7 Å². The van der Waals surface area contributed by atoms with E-state index in [1.54, 1.807) is 12.5 Å². The highest BCUT2D eigenvalue weighted by Crippen LogP contribution is 2.27. The summed E-state index contributed by atoms with van der Waals surface area (Å²) in [6.07, 6.45) is 2.66. The predicted octanol–water partition coefficient (Wildman–Crippen LogP) is 3.54. The molecule has 6 nitrogen and oxygen atoms in total. The smallest absolute Gasteiger partial charge is 0.303 e. The number of carboxylic acid groups (broad SMARTS) is 1. The maximum absolute atomic E-state index is 12.8. The lowest BCUT2D eigenvalue weighted by molar-refractivity contribution is -0.137. The molecular weight excluding hydrogens is 352 g/mol. The Morgan fingerprint density at radius 3 is 2.81 bits per heavy atom. The number of benzene rings is 1. The molecule has 1 aliphatic rings. The minimum Gasteiger partial charge on any atom is -0.497 e. The lowest BCUT2D eigenvalue weighted by Crippen LogP contribution is -2.40. The molecule has 0 radical (unpaired) electrons. The van der Waals surface area contributed by atoms with Crippen molar-refractivity contribution in [2.75, 3.05) is 20.2 Å². The minimum absolute atomic E-state index is 0.0685. The van der Waals surface area contributed by atoms with Gasteiger partial charge in [-0.3, -0.25) is 9.59 Å². The van der Waals surface area contributed by atoms with E-state index in [9.17, 15) is 9.59 Å². The average Bonchev–Trinajstić information content (AvgIpc) is 3.16. The van der Waals surface area contributed by atoms with Crippen molar-refractivity contribution in [1.29, 1.82) is 0 Å². The largest absolute Gasteiger partial charge is 0.497 e. The highest BCUT2D eigenvalue weighted by atomic mass is 32.1. The van der Waals surface area contributed by atoms with E-state index in [1.165, 1.54) is 11.3 Å². The molecule has 1 unspecified atom stereocenters. The molecule has 2 aromatic rings. The van der Waals surface area contributed by atoms with E-state index < -0.39 is 5.97 Å². The number of carboxylic acids is 1. The molecule has 1 aromatic heterocycles. The Morgan fingerprint density at radius 1 is 1.35 bits per heavy atom. The molecule has 1 aromatic carbocycles. The van der Waals surface area contributed by atoms with Crippen LogP contribution in [0, 0.1) is 5.92 Å². The van der Waals surface area contributed by atoms with Crippen LogP contribution in [0.5, 0.6) is 5.75 Å². The van der Waals surface area contributed by atoms with Crippen LogP contribution in [0.2, 0.25) is 0 Å². The molecule has 138 valence electrons. The number of amides is 1. The molecule has 1 fully saturated rings. The van der Waals surface area contributed by atoms with Crippen molar-refractivity contribution in [3.8, 4) is 16.3 Å². The van der Waals surface area contributed by atoms with Crippen molar-refractivity contribution < 1.29 is 19.4 Å². The van der Waals surface area contributed by atoms with Crippen LogP contribution in [-0.4, -0.2) is 47.1 Å². The summed E-state index contributed by atoms with van der Waals surface area (Å²) < 4.78 is 5.16. The first kappa shape index (κ1) is 18.4. The number of hydrogen-bond acceptors (Lipinski definition) is 5. The summed E-state index contributed by atoms with van der Waals surface area (Å²) in [6, 6.07) is 7.59. The van der Waals surface area contributed by atoms with Crippen molar-refractivity contribution in [2.24, 2.45) is 5.92 Å². The Bertz CT molecular complexity index is 772. The van der Waals surface area contributed by atoms with E-state index in [1.807, 2.05) is 29.2 Å². The number of aliphatic carboxylic acids is 1. The number of piperidine rings is 1. The number of hydrogen-bond donors (Lipinski definition) is 1. The average molecular weight is 374 g/mol. The van der Waals surface area contributed by atoms with E-state index in [-0.39, 0.29) is 18.2 Å². The molecule has 1 saturated heterocycles. The number of thiazole rings is 1. The second-order valence-electron chi connectivity index (χ2n) is 6.46. The number of aromatic nitrogens is 1. The van der Waals surface area contributed by atoms with Gasteiger partial charge in [0, 0.05) is 30.5 Å². The zero-order valence-electron chi connectivity index (χ0n) is 14.7. The highest BCUT2D eigenvalue weighted by Gasteiger charge is 2.26. The Labute approximate surface area is 156 Å². The fourth-order valence-corrected chi connectivity index (χ4v) is 4.01. The minimum atomic E-state index is -0.780. The van der Waals surface area contributed by atoms with Crippen LogP contribution in [0.4, 0.5) is 0 Å². The number of methoxy groups -OCH3 is 1. The summed E-state index contributed by atoms with van der Waals surface area (Å²) in [5.41, 5.74) is 1.41. The quantitative estimate of drug-likeness (QED) is 0.837. The fraction of sp³-hybridized carbons (Fsp3) is 0.421. The lowest BCUT2D eigenvalue weighted by atomic mass is 9.93. The Morgan fingerprint density at radius 2 is 2.12 bits per heavy atom. The summed E-state index contributed by atoms with van der Waals surface area (Å²) >= 11 is 1.45. The molecule has 0 saturated carbocycles. The van der Waals surface area contributed by atoms with Crippen LogP contribution < -0.4 is 4.74 Å². The first-order valence-electron chi connectivity index (χ1n) is 8.68. The molecule has 1 N–H and O–H groups in total. The second kappa shape index (κ2) is 8.31. The molecule has 0 aliphatic carbocycles. The van der Waals surface area contributed by atoms with Gasteiger partial charge in [-0.25, -0.2) is 4.98 Å². The van der Waals surface area contributed by atoms with Gasteiger partial charge in [0.15, 0.2) is 0 Å². The molecule has 26 heavy (non-hydrogen) atoms. The zero-order chi connectivity index (χ0) is 18.5. The molecular formula is C19H22N2O4S. The van der Waals surface area contributed by atoms with E-state index in [4.69, 9.17) is 9.84 Å². The number of likely N-dealkylation sites (tertiary alicyclic amines) is 1. The Kier molecular flexibility index (Phi) is 5.88. The molecule has 1 amide bonds. The van der Waals surface area contributed by atoms with Crippen molar-refractivity contribution in [2.45, 2.75) is 25.7 Å². The summed E-state index contributed by atoms with van der Waals surface area (Å²) in [5.74, 6) is 0.184. The number of ether oxygens (including phenoxy) is 1. The highest BCUT2D eigenvalue weighted by molar-refractivity contribution is 7.13. The number of nitrogens with zero attached hydrogens (tertiary/aromatic N) is 2. The lowest BCUT2D eigenvalue weighted by Gasteiger charge is -2.32. The monoisotopic (exact) mass is 374 g/mol. The topological polar surface area (TPSA) is 79.7 Å². The second-order valence-corrected chi connectivity index (χ2v) is 7.32. The van der Waals surface area contributed by atoms with Gasteiger partial charge in [0.05, 0.1) is 7.11 Å². The van der Waals surface area contributed by atoms with E-state index >= 15 is 0 Å². The summed E-state index contributed by atoms with van der Waals surface area (Å²) in [4.78, 5) is 29.8. The van der Waals surface area contributed by atoms with Gasteiger partial charge in [0.25, 0.3) is 5.91 Å². The SMILES string of the molecule is COc1ccc(-c2nc(C(=O)N3CCCC(CCC(=O)O)C3)cs2)cc1. The third-order valence-corrected chi connectivity index (χ3v) is 5.52. The van der Waals surface area contributed by atoms with Gasteiger partial charge in [0.2, 0.25) is 0 Å². The van der Waals surface area contributed by atoms with Gasteiger partial charge in [-0.2, -0.15) is 0 Å². The van der Waals surface area contributed by atoms with Crippen LogP contribution in [-0.2, 0) is 4.79 Å². The molecule has 2 heterocycles. The summed E-state index contributed by atoms with van der Waals surface area (Å²) in [7, 11) is 1.62. The molecule has 7 heteroatoms. The van der Waals surface area contributed by atoms with Gasteiger partial charge in [-0.15, -0.1) is 11.3 Å².